The first-order valence-electron chi connectivity index (χ1n) is 15.1. The lowest BCUT2D eigenvalue weighted by Gasteiger charge is -2.43. The Morgan fingerprint density at radius 1 is 0.976 bits per heavy atom. The second-order valence-electron chi connectivity index (χ2n) is 12.7. The number of aliphatic hydroxyl groups is 1. The molecule has 42 heavy (non-hydrogen) atoms. The van der Waals surface area contributed by atoms with E-state index in [-0.39, 0.29) is 30.4 Å². The molecular weight excluding hydrogens is 548 g/mol. The summed E-state index contributed by atoms with van der Waals surface area (Å²) in [7, 11) is 3.84. The van der Waals surface area contributed by atoms with E-state index in [1.165, 1.54) is 12.8 Å². The van der Waals surface area contributed by atoms with Gasteiger partial charge in [0.25, 0.3) is 0 Å². The first kappa shape index (κ1) is 29.0. The first-order valence-corrected chi connectivity index (χ1v) is 15.4. The number of halogens is 1. The fraction of sp³-hybridized carbons (Fsp3) is 0.457. The molecule has 3 aliphatic heterocycles. The van der Waals surface area contributed by atoms with Gasteiger partial charge in [-0.1, -0.05) is 35.9 Å². The van der Waals surface area contributed by atoms with Gasteiger partial charge in [-0.25, -0.2) is 0 Å². The summed E-state index contributed by atoms with van der Waals surface area (Å²) in [4.78, 5) is 18.2. The van der Waals surface area contributed by atoms with Crippen molar-refractivity contribution in [3.8, 4) is 11.5 Å². The number of methoxy groups -OCH3 is 1. The molecule has 0 spiro atoms. The highest BCUT2D eigenvalue weighted by molar-refractivity contribution is 6.30. The van der Waals surface area contributed by atoms with Gasteiger partial charge in [-0.05, 0) is 118 Å². The summed E-state index contributed by atoms with van der Waals surface area (Å²) in [5, 5.41) is 12.5. The summed E-state index contributed by atoms with van der Waals surface area (Å²) in [5.41, 5.74) is 3.61. The predicted octanol–water partition coefficient (Wildman–Crippen LogP) is 6.89. The molecule has 3 aromatic carbocycles. The van der Waals surface area contributed by atoms with Crippen molar-refractivity contribution in [3.05, 3.63) is 87.9 Å². The Balaban J connectivity index is 1.38. The molecule has 0 radical (unpaired) electrons. The van der Waals surface area contributed by atoms with Crippen LogP contribution in [0.25, 0.3) is 0 Å². The number of carbonyl (C=O) groups is 1. The van der Waals surface area contributed by atoms with Crippen molar-refractivity contribution in [3.63, 3.8) is 0 Å². The number of hydrogen-bond acceptors (Lipinski definition) is 5. The molecule has 0 aliphatic carbocycles. The molecule has 222 valence electrons. The van der Waals surface area contributed by atoms with E-state index < -0.39 is 5.60 Å². The van der Waals surface area contributed by atoms with E-state index in [0.717, 1.165) is 40.8 Å². The summed E-state index contributed by atoms with van der Waals surface area (Å²) >= 11 is 6.27. The quantitative estimate of drug-likeness (QED) is 0.325. The fourth-order valence-electron chi connectivity index (χ4n) is 7.39. The zero-order chi connectivity index (χ0) is 29.8. The van der Waals surface area contributed by atoms with Crippen molar-refractivity contribution in [1.29, 1.82) is 0 Å². The van der Waals surface area contributed by atoms with E-state index in [4.69, 9.17) is 21.1 Å². The largest absolute Gasteiger partial charge is 0.493 e. The SMILES string of the molecule is COc1cc2c(cc1OC(C)C)[C@H](c1ccc(Cl)cc1)N(c1ccc(C(C)(O)C3CC4CCC(C3)N4C)cc1)C(=O)C2. The summed E-state index contributed by atoms with van der Waals surface area (Å²) in [6, 6.07) is 20.3. The lowest BCUT2D eigenvalue weighted by Crippen LogP contribution is -2.46. The van der Waals surface area contributed by atoms with Crippen molar-refractivity contribution >= 4 is 23.2 Å². The average Bonchev–Trinajstić information content (AvgIpc) is 3.15. The van der Waals surface area contributed by atoms with Crippen LogP contribution in [0.5, 0.6) is 11.5 Å². The molecule has 6 rings (SSSR count). The summed E-state index contributed by atoms with van der Waals surface area (Å²) in [6.07, 6.45) is 4.65. The maximum absolute atomic E-state index is 13.9. The molecule has 0 aromatic heterocycles. The van der Waals surface area contributed by atoms with Crippen LogP contribution in [-0.2, 0) is 16.8 Å². The number of anilines is 1. The predicted molar refractivity (Wildman–Crippen MR) is 167 cm³/mol. The maximum atomic E-state index is 13.9. The number of rotatable bonds is 7. The summed E-state index contributed by atoms with van der Waals surface area (Å²) < 4.78 is 11.8. The van der Waals surface area contributed by atoms with Crippen LogP contribution in [0, 0.1) is 5.92 Å². The molecule has 3 unspecified atom stereocenters. The van der Waals surface area contributed by atoms with Gasteiger partial charge >= 0.3 is 0 Å². The van der Waals surface area contributed by atoms with Crippen molar-refractivity contribution in [2.24, 2.45) is 5.92 Å². The van der Waals surface area contributed by atoms with Crippen molar-refractivity contribution in [1.82, 2.24) is 4.90 Å². The Bertz CT molecular complexity index is 1440. The van der Waals surface area contributed by atoms with Crippen LogP contribution in [0.4, 0.5) is 5.69 Å². The fourth-order valence-corrected chi connectivity index (χ4v) is 7.52. The van der Waals surface area contributed by atoms with Crippen LogP contribution < -0.4 is 14.4 Å². The number of nitrogens with zero attached hydrogens (tertiary/aromatic N) is 2. The Morgan fingerprint density at radius 3 is 2.21 bits per heavy atom. The molecule has 6 nitrogen and oxygen atoms in total. The summed E-state index contributed by atoms with van der Waals surface area (Å²) in [5.74, 6) is 1.47. The number of amides is 1. The number of benzene rings is 3. The third-order valence-electron chi connectivity index (χ3n) is 9.76. The third kappa shape index (κ3) is 5.18. The minimum Gasteiger partial charge on any atom is -0.493 e. The van der Waals surface area contributed by atoms with Crippen LogP contribution in [-0.4, -0.2) is 48.3 Å². The number of hydrogen-bond donors (Lipinski definition) is 1. The maximum Gasteiger partial charge on any atom is 0.232 e. The molecule has 2 bridgehead atoms. The highest BCUT2D eigenvalue weighted by atomic mass is 35.5. The molecule has 1 amide bonds. The van der Waals surface area contributed by atoms with Gasteiger partial charge < -0.3 is 24.4 Å². The number of piperidine rings is 1. The third-order valence-corrected chi connectivity index (χ3v) is 10.0. The minimum atomic E-state index is -0.936. The Labute approximate surface area is 254 Å². The number of ether oxygens (including phenoxy) is 2. The van der Waals surface area contributed by atoms with Gasteiger partial charge in [0.05, 0.1) is 31.3 Å². The Hall–Kier alpha value is -3.06. The van der Waals surface area contributed by atoms with Crippen LogP contribution in [0.3, 0.4) is 0 Å². The van der Waals surface area contributed by atoms with E-state index in [1.807, 2.05) is 86.3 Å². The van der Waals surface area contributed by atoms with Gasteiger partial charge in [-0.3, -0.25) is 4.79 Å². The van der Waals surface area contributed by atoms with Gasteiger partial charge in [0.1, 0.15) is 0 Å². The highest BCUT2D eigenvalue weighted by Crippen LogP contribution is 2.47. The number of fused-ring (bicyclic) bond motifs is 3. The topological polar surface area (TPSA) is 62.2 Å². The second-order valence-corrected chi connectivity index (χ2v) is 13.1. The molecule has 2 saturated heterocycles. The Kier molecular flexibility index (Phi) is 7.75. The van der Waals surface area contributed by atoms with E-state index in [0.29, 0.717) is 28.6 Å². The first-order chi connectivity index (χ1) is 20.1. The molecule has 0 saturated carbocycles. The van der Waals surface area contributed by atoms with E-state index in [9.17, 15) is 9.90 Å². The monoisotopic (exact) mass is 588 g/mol. The molecule has 2 fully saturated rings. The van der Waals surface area contributed by atoms with Gasteiger partial charge in [0.15, 0.2) is 11.5 Å². The van der Waals surface area contributed by atoms with Crippen LogP contribution >= 0.6 is 11.6 Å². The van der Waals surface area contributed by atoms with Crippen molar-refractivity contribution in [2.45, 2.75) is 82.7 Å². The summed E-state index contributed by atoms with van der Waals surface area (Å²) in [6.45, 7) is 5.93. The second kappa shape index (κ2) is 11.2. The van der Waals surface area contributed by atoms with E-state index in [2.05, 4.69) is 11.9 Å². The van der Waals surface area contributed by atoms with Gasteiger partial charge in [-0.15, -0.1) is 0 Å². The van der Waals surface area contributed by atoms with Crippen LogP contribution in [0.2, 0.25) is 5.02 Å². The Morgan fingerprint density at radius 2 is 1.62 bits per heavy atom. The molecule has 7 heteroatoms. The molecule has 3 aliphatic rings. The average molecular weight is 589 g/mol. The van der Waals surface area contributed by atoms with Crippen molar-refractivity contribution in [2.75, 3.05) is 19.1 Å². The zero-order valence-electron chi connectivity index (χ0n) is 25.1. The highest BCUT2D eigenvalue weighted by Gasteiger charge is 2.45. The van der Waals surface area contributed by atoms with Gasteiger partial charge in [0, 0.05) is 22.8 Å². The zero-order valence-corrected chi connectivity index (χ0v) is 25.9. The smallest absolute Gasteiger partial charge is 0.232 e. The van der Waals surface area contributed by atoms with E-state index in [1.54, 1.807) is 7.11 Å². The van der Waals surface area contributed by atoms with Gasteiger partial charge in [0.2, 0.25) is 5.91 Å². The minimum absolute atomic E-state index is 0.00608. The normalized spacial score (nSPS) is 25.3. The lowest BCUT2D eigenvalue weighted by molar-refractivity contribution is -0.118. The molecule has 3 heterocycles. The lowest BCUT2D eigenvalue weighted by atomic mass is 9.75. The molecular formula is C35H41ClN2O4. The van der Waals surface area contributed by atoms with Crippen LogP contribution in [0.15, 0.2) is 60.7 Å². The standard InChI is InChI=1S/C35H41ClN2O4/c1-21(2)42-32-20-30-23(16-31(32)41-5)17-33(39)38(34(30)22-6-10-26(36)11-7-22)27-12-8-24(9-13-27)35(3,40)25-18-28-14-15-29(19-25)37(28)4/h6-13,16,20-21,25,28-29,34,40H,14-15,17-19H2,1-5H3/t25?,28?,29?,34-,35?/m0/s1. The number of carbonyl (C=O) groups excluding carboxylic acids is 1. The van der Waals surface area contributed by atoms with Crippen molar-refractivity contribution < 1.29 is 19.4 Å². The van der Waals surface area contributed by atoms with Gasteiger partial charge in [-0.2, -0.15) is 0 Å². The molecule has 4 atom stereocenters. The molecule has 3 aromatic rings. The van der Waals surface area contributed by atoms with E-state index >= 15 is 0 Å². The molecule has 1 N–H and O–H groups in total. The van der Waals surface area contributed by atoms with Crippen LogP contribution in [0.1, 0.15) is 74.8 Å².